The second-order valence-electron chi connectivity index (χ2n) is 10.6. The minimum absolute atomic E-state index is 0.258. The van der Waals surface area contributed by atoms with Crippen LogP contribution in [0.4, 0.5) is 17.1 Å². The van der Waals surface area contributed by atoms with Crippen LogP contribution in [0.3, 0.4) is 0 Å². The standard InChI is InChI=1S/C36H35NO2/c1-26-7-15-31(16-8-26)37(33-6-4-5-27(2)25-33)32-17-9-28(10-18-32)23-24-36(3,29-11-19-34(38)20-12-29)30-13-21-35(39)22-14-30/h4-22,25,38-39H,23-24H2,1-3H3. The van der Waals surface area contributed by atoms with Crippen LogP contribution in [0.1, 0.15) is 41.2 Å². The van der Waals surface area contributed by atoms with E-state index in [1.165, 1.54) is 16.7 Å². The van der Waals surface area contributed by atoms with Crippen LogP contribution in [0.15, 0.2) is 121 Å². The van der Waals surface area contributed by atoms with Gasteiger partial charge in [0.1, 0.15) is 11.5 Å². The minimum atomic E-state index is -0.282. The molecule has 0 aliphatic heterocycles. The molecule has 0 saturated carbocycles. The zero-order chi connectivity index (χ0) is 27.4. The number of anilines is 3. The van der Waals surface area contributed by atoms with E-state index >= 15 is 0 Å². The highest BCUT2D eigenvalue weighted by atomic mass is 16.3. The summed E-state index contributed by atoms with van der Waals surface area (Å²) in [7, 11) is 0. The third-order valence-electron chi connectivity index (χ3n) is 7.67. The highest BCUT2D eigenvalue weighted by Gasteiger charge is 2.29. The molecule has 0 aliphatic carbocycles. The van der Waals surface area contributed by atoms with Gasteiger partial charge < -0.3 is 15.1 Å². The summed E-state index contributed by atoms with van der Waals surface area (Å²) in [4.78, 5) is 2.30. The zero-order valence-electron chi connectivity index (χ0n) is 22.8. The van der Waals surface area contributed by atoms with E-state index in [1.54, 1.807) is 24.3 Å². The fraction of sp³-hybridized carbons (Fsp3) is 0.167. The number of phenols is 2. The van der Waals surface area contributed by atoms with Crippen LogP contribution in [-0.2, 0) is 11.8 Å². The van der Waals surface area contributed by atoms with E-state index in [4.69, 9.17) is 0 Å². The molecule has 39 heavy (non-hydrogen) atoms. The molecule has 5 rings (SSSR count). The van der Waals surface area contributed by atoms with Gasteiger partial charge in [-0.3, -0.25) is 0 Å². The largest absolute Gasteiger partial charge is 0.508 e. The van der Waals surface area contributed by atoms with Gasteiger partial charge in [0.15, 0.2) is 0 Å². The summed E-state index contributed by atoms with van der Waals surface area (Å²) in [6.07, 6.45) is 1.76. The molecule has 0 aliphatic rings. The molecule has 196 valence electrons. The van der Waals surface area contributed by atoms with Gasteiger partial charge in [0.25, 0.3) is 0 Å². The Morgan fingerprint density at radius 2 is 1.08 bits per heavy atom. The van der Waals surface area contributed by atoms with Crippen LogP contribution in [0.25, 0.3) is 0 Å². The van der Waals surface area contributed by atoms with Gasteiger partial charge in [0.05, 0.1) is 0 Å². The van der Waals surface area contributed by atoms with E-state index in [2.05, 4.69) is 98.5 Å². The molecule has 3 nitrogen and oxygen atoms in total. The van der Waals surface area contributed by atoms with Crippen molar-refractivity contribution in [1.82, 2.24) is 0 Å². The SMILES string of the molecule is Cc1ccc(N(c2ccc(CCC(C)(c3ccc(O)cc3)c3ccc(O)cc3)cc2)c2cccc(C)c2)cc1. The Morgan fingerprint density at radius 3 is 1.59 bits per heavy atom. The van der Waals surface area contributed by atoms with Crippen LogP contribution in [0.5, 0.6) is 11.5 Å². The first kappa shape index (κ1) is 26.1. The summed E-state index contributed by atoms with van der Waals surface area (Å²) < 4.78 is 0. The molecule has 0 atom stereocenters. The number of hydrogen-bond donors (Lipinski definition) is 2. The predicted octanol–water partition coefficient (Wildman–Crippen LogP) is 9.12. The van der Waals surface area contributed by atoms with Gasteiger partial charge in [0.2, 0.25) is 0 Å². The van der Waals surface area contributed by atoms with Crippen LogP contribution < -0.4 is 4.90 Å². The minimum Gasteiger partial charge on any atom is -0.508 e. The van der Waals surface area contributed by atoms with Crippen LogP contribution in [0.2, 0.25) is 0 Å². The maximum Gasteiger partial charge on any atom is 0.115 e. The average Bonchev–Trinajstić information content (AvgIpc) is 2.94. The molecule has 2 N–H and O–H groups in total. The summed E-state index contributed by atoms with van der Waals surface area (Å²) in [5.74, 6) is 0.517. The smallest absolute Gasteiger partial charge is 0.115 e. The van der Waals surface area contributed by atoms with Gasteiger partial charge in [0, 0.05) is 22.5 Å². The molecular formula is C36H35NO2. The van der Waals surface area contributed by atoms with Crippen molar-refractivity contribution in [2.75, 3.05) is 4.90 Å². The Kier molecular flexibility index (Phi) is 7.42. The molecule has 0 aromatic heterocycles. The van der Waals surface area contributed by atoms with E-state index in [1.807, 2.05) is 24.3 Å². The van der Waals surface area contributed by atoms with Gasteiger partial charge in [-0.15, -0.1) is 0 Å². The first-order valence-corrected chi connectivity index (χ1v) is 13.4. The van der Waals surface area contributed by atoms with E-state index in [9.17, 15) is 10.2 Å². The molecule has 0 bridgehead atoms. The van der Waals surface area contributed by atoms with E-state index in [-0.39, 0.29) is 16.9 Å². The van der Waals surface area contributed by atoms with Crippen LogP contribution in [-0.4, -0.2) is 10.2 Å². The molecule has 0 unspecified atom stereocenters. The molecule has 5 aromatic rings. The number of hydrogen-bond acceptors (Lipinski definition) is 3. The lowest BCUT2D eigenvalue weighted by molar-refractivity contribution is 0.470. The second kappa shape index (κ2) is 11.1. The van der Waals surface area contributed by atoms with Gasteiger partial charge >= 0.3 is 0 Å². The van der Waals surface area contributed by atoms with Crippen molar-refractivity contribution >= 4 is 17.1 Å². The zero-order valence-corrected chi connectivity index (χ0v) is 22.8. The highest BCUT2D eigenvalue weighted by molar-refractivity contribution is 5.76. The lowest BCUT2D eigenvalue weighted by Gasteiger charge is -2.31. The molecule has 5 aromatic carbocycles. The van der Waals surface area contributed by atoms with Gasteiger partial charge in [-0.25, -0.2) is 0 Å². The van der Waals surface area contributed by atoms with Gasteiger partial charge in [-0.05, 0) is 110 Å². The normalized spacial score (nSPS) is 11.4. The van der Waals surface area contributed by atoms with Crippen LogP contribution >= 0.6 is 0 Å². The molecule has 0 heterocycles. The maximum absolute atomic E-state index is 9.86. The highest BCUT2D eigenvalue weighted by Crippen LogP contribution is 2.39. The lowest BCUT2D eigenvalue weighted by atomic mass is 9.72. The maximum atomic E-state index is 9.86. The number of aryl methyl sites for hydroxylation is 3. The fourth-order valence-electron chi connectivity index (χ4n) is 5.23. The monoisotopic (exact) mass is 513 g/mol. The molecule has 0 spiro atoms. The molecule has 3 heteroatoms. The quantitative estimate of drug-likeness (QED) is 0.217. The Morgan fingerprint density at radius 1 is 0.564 bits per heavy atom. The summed E-state index contributed by atoms with van der Waals surface area (Å²) in [5.41, 5.74) is 9.09. The number of benzene rings is 5. The summed E-state index contributed by atoms with van der Waals surface area (Å²) in [6, 6.07) is 41.1. The van der Waals surface area contributed by atoms with Crippen molar-refractivity contribution < 1.29 is 10.2 Å². The first-order chi connectivity index (χ1) is 18.8. The Bertz CT molecular complexity index is 1470. The molecule has 0 amide bonds. The second-order valence-corrected chi connectivity index (χ2v) is 10.6. The Balaban J connectivity index is 1.43. The molecule has 0 fully saturated rings. The number of rotatable bonds is 8. The third-order valence-corrected chi connectivity index (χ3v) is 7.67. The van der Waals surface area contributed by atoms with Crippen molar-refractivity contribution in [1.29, 1.82) is 0 Å². The Labute approximate surface area is 231 Å². The van der Waals surface area contributed by atoms with Crippen LogP contribution in [0, 0.1) is 13.8 Å². The fourth-order valence-corrected chi connectivity index (χ4v) is 5.23. The predicted molar refractivity (Wildman–Crippen MR) is 162 cm³/mol. The van der Waals surface area contributed by atoms with Crippen molar-refractivity contribution in [3.05, 3.63) is 149 Å². The van der Waals surface area contributed by atoms with E-state index < -0.39 is 0 Å². The number of phenolic OH excluding ortho intramolecular Hbond substituents is 2. The Hall–Kier alpha value is -4.50. The number of aromatic hydroxyl groups is 2. The van der Waals surface area contributed by atoms with Crippen molar-refractivity contribution in [2.45, 2.75) is 39.0 Å². The average molecular weight is 514 g/mol. The molecular weight excluding hydrogens is 478 g/mol. The van der Waals surface area contributed by atoms with Gasteiger partial charge in [-0.1, -0.05) is 73.2 Å². The van der Waals surface area contributed by atoms with E-state index in [0.29, 0.717) is 0 Å². The van der Waals surface area contributed by atoms with E-state index in [0.717, 1.165) is 41.0 Å². The molecule has 0 radical (unpaired) electrons. The van der Waals surface area contributed by atoms with Crippen molar-refractivity contribution in [3.63, 3.8) is 0 Å². The third kappa shape index (κ3) is 5.83. The number of nitrogens with zero attached hydrogens (tertiary/aromatic N) is 1. The summed E-state index contributed by atoms with van der Waals surface area (Å²) in [5, 5.41) is 19.7. The van der Waals surface area contributed by atoms with Crippen molar-refractivity contribution in [3.8, 4) is 11.5 Å². The summed E-state index contributed by atoms with van der Waals surface area (Å²) in [6.45, 7) is 6.47. The summed E-state index contributed by atoms with van der Waals surface area (Å²) >= 11 is 0. The van der Waals surface area contributed by atoms with Gasteiger partial charge in [-0.2, -0.15) is 0 Å². The van der Waals surface area contributed by atoms with Crippen molar-refractivity contribution in [2.24, 2.45) is 0 Å². The topological polar surface area (TPSA) is 43.7 Å². The lowest BCUT2D eigenvalue weighted by Crippen LogP contribution is -2.24. The first-order valence-electron chi connectivity index (χ1n) is 13.4. The molecule has 0 saturated heterocycles.